The molecule has 1 atom stereocenters. The van der Waals surface area contributed by atoms with Crippen molar-refractivity contribution in [3.05, 3.63) is 34.1 Å². The van der Waals surface area contributed by atoms with E-state index in [4.69, 9.17) is 4.74 Å². The molecule has 0 unspecified atom stereocenters. The topological polar surface area (TPSA) is 38.3 Å². The van der Waals surface area contributed by atoms with Crippen molar-refractivity contribution in [2.75, 3.05) is 6.61 Å². The number of rotatable bonds is 1. The van der Waals surface area contributed by atoms with Crippen molar-refractivity contribution >= 4 is 22.0 Å². The number of benzene rings is 1. The molecule has 17 heavy (non-hydrogen) atoms. The zero-order chi connectivity index (χ0) is 12.6. The molecular formula is C12H13BrFNO2. The Bertz CT molecular complexity index is 462. The molecule has 5 heteroatoms. The van der Waals surface area contributed by atoms with Crippen molar-refractivity contribution in [3.8, 4) is 0 Å². The van der Waals surface area contributed by atoms with Crippen LogP contribution >= 0.6 is 15.9 Å². The van der Waals surface area contributed by atoms with Gasteiger partial charge in [-0.3, -0.25) is 0 Å². The Balaban J connectivity index is 2.42. The molecule has 0 aliphatic carbocycles. The molecule has 1 aliphatic rings. The number of amides is 1. The third-order valence-corrected chi connectivity index (χ3v) is 3.38. The minimum Gasteiger partial charge on any atom is -0.449 e. The second-order valence-electron chi connectivity index (χ2n) is 4.81. The first-order valence-electron chi connectivity index (χ1n) is 5.28. The molecule has 1 aromatic carbocycles. The number of alkyl carbamates (subject to hydrolysis) is 1. The normalized spacial score (nSPS) is 22.8. The second kappa shape index (κ2) is 4.29. The number of nitrogens with one attached hydrogen (secondary N) is 1. The predicted molar refractivity (Wildman–Crippen MR) is 65.1 cm³/mol. The van der Waals surface area contributed by atoms with Gasteiger partial charge in [0.25, 0.3) is 0 Å². The average molecular weight is 302 g/mol. The molecule has 0 spiro atoms. The Morgan fingerprint density at radius 3 is 2.94 bits per heavy atom. The summed E-state index contributed by atoms with van der Waals surface area (Å²) in [6.07, 6.45) is -0.506. The molecule has 3 nitrogen and oxygen atoms in total. The van der Waals surface area contributed by atoms with Crippen LogP contribution in [0, 0.1) is 11.2 Å². The van der Waals surface area contributed by atoms with E-state index in [0.717, 1.165) is 4.47 Å². The van der Waals surface area contributed by atoms with E-state index in [0.29, 0.717) is 5.56 Å². The van der Waals surface area contributed by atoms with Crippen LogP contribution in [0.5, 0.6) is 0 Å². The largest absolute Gasteiger partial charge is 0.449 e. The number of ether oxygens (including phenoxy) is 1. The highest BCUT2D eigenvalue weighted by atomic mass is 79.9. The maximum atomic E-state index is 13.8. The monoisotopic (exact) mass is 301 g/mol. The van der Waals surface area contributed by atoms with Gasteiger partial charge in [0.1, 0.15) is 12.4 Å². The molecule has 1 saturated heterocycles. The van der Waals surface area contributed by atoms with Crippen molar-refractivity contribution in [2.45, 2.75) is 19.9 Å². The van der Waals surface area contributed by atoms with E-state index in [1.807, 2.05) is 13.8 Å². The zero-order valence-corrected chi connectivity index (χ0v) is 11.2. The summed E-state index contributed by atoms with van der Waals surface area (Å²) in [5.41, 5.74) is 0.122. The Labute approximate surface area is 107 Å². The minimum absolute atomic E-state index is 0.273. The van der Waals surface area contributed by atoms with Crippen LogP contribution in [0.25, 0.3) is 0 Å². The summed E-state index contributed by atoms with van der Waals surface area (Å²) in [6, 6.07) is 4.32. The van der Waals surface area contributed by atoms with Crippen LogP contribution in [0.3, 0.4) is 0 Å². The lowest BCUT2D eigenvalue weighted by Crippen LogP contribution is -2.47. The molecule has 1 amide bonds. The average Bonchev–Trinajstić information content (AvgIpc) is 2.26. The van der Waals surface area contributed by atoms with Crippen LogP contribution in [0.4, 0.5) is 9.18 Å². The lowest BCUT2D eigenvalue weighted by atomic mass is 9.80. The number of halogens is 2. The van der Waals surface area contributed by atoms with Crippen LogP contribution in [-0.2, 0) is 4.74 Å². The minimum atomic E-state index is -0.506. The standard InChI is InChI=1S/C12H13BrFNO2/c1-12(2)6-17-11(16)15-10(12)8-5-7(13)3-4-9(8)14/h3-5,10H,6H2,1-2H3,(H,15,16)/t10-/m0/s1. The van der Waals surface area contributed by atoms with Gasteiger partial charge in [-0.05, 0) is 18.2 Å². The number of hydrogen-bond donors (Lipinski definition) is 1. The molecule has 1 N–H and O–H groups in total. The van der Waals surface area contributed by atoms with Gasteiger partial charge in [0.05, 0.1) is 6.04 Å². The van der Waals surface area contributed by atoms with Gasteiger partial charge in [-0.15, -0.1) is 0 Å². The summed E-state index contributed by atoms with van der Waals surface area (Å²) < 4.78 is 19.5. The molecule has 2 rings (SSSR count). The summed E-state index contributed by atoms with van der Waals surface area (Å²) in [7, 11) is 0. The van der Waals surface area contributed by atoms with Crippen molar-refractivity contribution in [1.29, 1.82) is 0 Å². The highest BCUT2D eigenvalue weighted by Gasteiger charge is 2.39. The fraction of sp³-hybridized carbons (Fsp3) is 0.417. The third-order valence-electron chi connectivity index (χ3n) is 2.89. The van der Waals surface area contributed by atoms with Gasteiger partial charge >= 0.3 is 6.09 Å². The Morgan fingerprint density at radius 1 is 1.53 bits per heavy atom. The van der Waals surface area contributed by atoms with Crippen molar-refractivity contribution in [1.82, 2.24) is 5.32 Å². The van der Waals surface area contributed by atoms with Crippen molar-refractivity contribution < 1.29 is 13.9 Å². The first kappa shape index (κ1) is 12.4. The van der Waals surface area contributed by atoms with Crippen molar-refractivity contribution in [2.24, 2.45) is 5.41 Å². The van der Waals surface area contributed by atoms with Gasteiger partial charge < -0.3 is 10.1 Å². The van der Waals surface area contributed by atoms with Gasteiger partial charge in [0.15, 0.2) is 0 Å². The lowest BCUT2D eigenvalue weighted by Gasteiger charge is -2.38. The maximum Gasteiger partial charge on any atom is 0.407 e. The van der Waals surface area contributed by atoms with E-state index in [1.165, 1.54) is 6.07 Å². The predicted octanol–water partition coefficient (Wildman–Crippen LogP) is 3.40. The Kier molecular flexibility index (Phi) is 3.12. The SMILES string of the molecule is CC1(C)COC(=O)N[C@H]1c1cc(Br)ccc1F. The second-order valence-corrected chi connectivity index (χ2v) is 5.72. The van der Waals surface area contributed by atoms with E-state index < -0.39 is 6.09 Å². The van der Waals surface area contributed by atoms with Crippen LogP contribution in [0.1, 0.15) is 25.5 Å². The van der Waals surface area contributed by atoms with E-state index in [9.17, 15) is 9.18 Å². The molecule has 92 valence electrons. The molecule has 1 heterocycles. The van der Waals surface area contributed by atoms with E-state index in [-0.39, 0.29) is 23.9 Å². The van der Waals surface area contributed by atoms with Gasteiger partial charge in [-0.2, -0.15) is 0 Å². The molecule has 0 aromatic heterocycles. The van der Waals surface area contributed by atoms with E-state index >= 15 is 0 Å². The molecule has 0 saturated carbocycles. The number of carbonyl (C=O) groups is 1. The first-order valence-corrected chi connectivity index (χ1v) is 6.08. The Morgan fingerprint density at radius 2 is 2.24 bits per heavy atom. The maximum absolute atomic E-state index is 13.8. The molecule has 1 fully saturated rings. The van der Waals surface area contributed by atoms with Crippen LogP contribution in [-0.4, -0.2) is 12.7 Å². The quantitative estimate of drug-likeness (QED) is 0.863. The van der Waals surface area contributed by atoms with Gasteiger partial charge in [-0.1, -0.05) is 29.8 Å². The molecule has 1 aliphatic heterocycles. The summed E-state index contributed by atoms with van der Waals surface area (Å²) in [5.74, 6) is -0.325. The van der Waals surface area contributed by atoms with Gasteiger partial charge in [0.2, 0.25) is 0 Å². The number of carbonyl (C=O) groups excluding carboxylic acids is 1. The smallest absolute Gasteiger partial charge is 0.407 e. The molecule has 1 aromatic rings. The van der Waals surface area contributed by atoms with Crippen LogP contribution < -0.4 is 5.32 Å². The fourth-order valence-electron chi connectivity index (χ4n) is 1.92. The lowest BCUT2D eigenvalue weighted by molar-refractivity contribution is 0.0377. The third kappa shape index (κ3) is 2.44. The summed E-state index contributed by atoms with van der Waals surface area (Å²) in [4.78, 5) is 11.3. The molecule has 0 bridgehead atoms. The molecule has 0 radical (unpaired) electrons. The first-order chi connectivity index (χ1) is 7.90. The number of hydrogen-bond acceptors (Lipinski definition) is 2. The molecular weight excluding hydrogens is 289 g/mol. The van der Waals surface area contributed by atoms with Crippen LogP contribution in [0.2, 0.25) is 0 Å². The highest BCUT2D eigenvalue weighted by Crippen LogP contribution is 2.38. The highest BCUT2D eigenvalue weighted by molar-refractivity contribution is 9.10. The summed E-state index contributed by atoms with van der Waals surface area (Å²) in [6.45, 7) is 4.13. The van der Waals surface area contributed by atoms with E-state index in [1.54, 1.807) is 12.1 Å². The van der Waals surface area contributed by atoms with Crippen molar-refractivity contribution in [3.63, 3.8) is 0 Å². The van der Waals surface area contributed by atoms with Gasteiger partial charge in [0, 0.05) is 15.5 Å². The Hall–Kier alpha value is -1.10. The van der Waals surface area contributed by atoms with Crippen LogP contribution in [0.15, 0.2) is 22.7 Å². The summed E-state index contributed by atoms with van der Waals surface area (Å²) >= 11 is 3.30. The fourth-order valence-corrected chi connectivity index (χ4v) is 2.30. The van der Waals surface area contributed by atoms with Gasteiger partial charge in [-0.25, -0.2) is 9.18 Å². The zero-order valence-electron chi connectivity index (χ0n) is 9.59. The van der Waals surface area contributed by atoms with E-state index in [2.05, 4.69) is 21.2 Å². The number of cyclic esters (lactones) is 1. The summed E-state index contributed by atoms with van der Waals surface area (Å²) in [5, 5.41) is 2.67.